The maximum atomic E-state index is 4.40. The fraction of sp³-hybridized carbons (Fsp3) is 0.692. The van der Waals surface area contributed by atoms with Gasteiger partial charge in [0.2, 0.25) is 0 Å². The average Bonchev–Trinajstić information content (AvgIpc) is 3.13. The Hall–Kier alpha value is -1.32. The van der Waals surface area contributed by atoms with E-state index >= 15 is 0 Å². The van der Waals surface area contributed by atoms with E-state index in [-0.39, 0.29) is 0 Å². The molecule has 3 rings (SSSR count). The largest absolute Gasteiger partial charge is 0.367 e. The first-order chi connectivity index (χ1) is 8.31. The van der Waals surface area contributed by atoms with Gasteiger partial charge in [0, 0.05) is 25.2 Å². The summed E-state index contributed by atoms with van der Waals surface area (Å²) < 4.78 is 0. The maximum absolute atomic E-state index is 4.40. The van der Waals surface area contributed by atoms with Crippen LogP contribution in [0.2, 0.25) is 0 Å². The molecule has 0 aromatic carbocycles. The van der Waals surface area contributed by atoms with Crippen molar-refractivity contribution in [2.45, 2.75) is 38.6 Å². The van der Waals surface area contributed by atoms with Gasteiger partial charge in [0.25, 0.3) is 0 Å². The zero-order valence-corrected chi connectivity index (χ0v) is 10.4. The Morgan fingerprint density at radius 3 is 2.94 bits per heavy atom. The highest BCUT2D eigenvalue weighted by Crippen LogP contribution is 2.26. The molecule has 1 saturated carbocycles. The third kappa shape index (κ3) is 2.68. The number of piperidine rings is 1. The molecule has 1 aromatic heterocycles. The van der Waals surface area contributed by atoms with Gasteiger partial charge in [-0.2, -0.15) is 0 Å². The van der Waals surface area contributed by atoms with E-state index < -0.39 is 0 Å². The second-order valence-electron chi connectivity index (χ2n) is 5.37. The zero-order valence-electron chi connectivity index (χ0n) is 10.4. The molecule has 1 atom stereocenters. The summed E-state index contributed by atoms with van der Waals surface area (Å²) in [5.41, 5.74) is 0. The van der Waals surface area contributed by atoms with Crippen LogP contribution in [0.5, 0.6) is 0 Å². The summed E-state index contributed by atoms with van der Waals surface area (Å²) >= 11 is 0. The van der Waals surface area contributed by atoms with Gasteiger partial charge in [0.15, 0.2) is 0 Å². The van der Waals surface area contributed by atoms with E-state index in [2.05, 4.69) is 33.2 Å². The highest BCUT2D eigenvalue weighted by molar-refractivity contribution is 5.49. The lowest BCUT2D eigenvalue weighted by Gasteiger charge is -2.31. The van der Waals surface area contributed by atoms with E-state index in [9.17, 15) is 0 Å². The number of nitrogens with zero attached hydrogens (tertiary/aromatic N) is 3. The number of nitrogens with one attached hydrogen (secondary N) is 1. The minimum absolute atomic E-state index is 0.651. The van der Waals surface area contributed by atoms with E-state index in [1.54, 1.807) is 6.33 Å². The molecule has 17 heavy (non-hydrogen) atoms. The quantitative estimate of drug-likeness (QED) is 0.868. The van der Waals surface area contributed by atoms with Crippen molar-refractivity contribution >= 4 is 11.6 Å². The van der Waals surface area contributed by atoms with Crippen molar-refractivity contribution in [3.05, 3.63) is 12.4 Å². The Labute approximate surface area is 102 Å². The normalized spacial score (nSPS) is 24.8. The van der Waals surface area contributed by atoms with Gasteiger partial charge in [-0.15, -0.1) is 0 Å². The fourth-order valence-corrected chi connectivity index (χ4v) is 2.43. The minimum Gasteiger partial charge on any atom is -0.367 e. The SMILES string of the molecule is CC1CCCN(c2cc(NC3CC3)ncn2)C1. The van der Waals surface area contributed by atoms with Gasteiger partial charge >= 0.3 is 0 Å². The van der Waals surface area contributed by atoms with Crippen LogP contribution in [0.3, 0.4) is 0 Å². The molecule has 2 fully saturated rings. The molecule has 1 aliphatic heterocycles. The average molecular weight is 232 g/mol. The van der Waals surface area contributed by atoms with Crippen LogP contribution in [0, 0.1) is 5.92 Å². The van der Waals surface area contributed by atoms with Crippen molar-refractivity contribution in [2.75, 3.05) is 23.3 Å². The maximum Gasteiger partial charge on any atom is 0.134 e. The second-order valence-corrected chi connectivity index (χ2v) is 5.37. The van der Waals surface area contributed by atoms with Gasteiger partial charge in [-0.3, -0.25) is 0 Å². The van der Waals surface area contributed by atoms with Crippen LogP contribution in [0.4, 0.5) is 11.6 Å². The summed E-state index contributed by atoms with van der Waals surface area (Å²) in [6.07, 6.45) is 6.85. The molecular weight excluding hydrogens is 212 g/mol. The Bertz CT molecular complexity index is 389. The molecule has 1 aliphatic carbocycles. The first-order valence-electron chi connectivity index (χ1n) is 6.65. The van der Waals surface area contributed by atoms with Crippen molar-refractivity contribution in [2.24, 2.45) is 5.92 Å². The third-order valence-corrected chi connectivity index (χ3v) is 3.56. The van der Waals surface area contributed by atoms with Crippen molar-refractivity contribution in [1.82, 2.24) is 9.97 Å². The number of aromatic nitrogens is 2. The molecule has 4 nitrogen and oxygen atoms in total. The van der Waals surface area contributed by atoms with Crippen LogP contribution < -0.4 is 10.2 Å². The van der Waals surface area contributed by atoms with E-state index in [1.165, 1.54) is 25.7 Å². The smallest absolute Gasteiger partial charge is 0.134 e. The molecule has 0 spiro atoms. The number of rotatable bonds is 3. The monoisotopic (exact) mass is 232 g/mol. The second kappa shape index (κ2) is 4.51. The van der Waals surface area contributed by atoms with Gasteiger partial charge in [-0.1, -0.05) is 6.92 Å². The van der Waals surface area contributed by atoms with Crippen molar-refractivity contribution in [1.29, 1.82) is 0 Å². The summed E-state index contributed by atoms with van der Waals surface area (Å²) in [4.78, 5) is 11.1. The van der Waals surface area contributed by atoms with Gasteiger partial charge in [-0.25, -0.2) is 9.97 Å². The van der Waals surface area contributed by atoms with Crippen LogP contribution in [0.1, 0.15) is 32.6 Å². The topological polar surface area (TPSA) is 41.0 Å². The highest BCUT2D eigenvalue weighted by Gasteiger charge is 2.22. The molecular formula is C13H20N4. The molecule has 1 N–H and O–H groups in total. The summed E-state index contributed by atoms with van der Waals surface area (Å²) in [5, 5.41) is 3.43. The Kier molecular flexibility index (Phi) is 2.87. The molecule has 0 bridgehead atoms. The first-order valence-corrected chi connectivity index (χ1v) is 6.65. The van der Waals surface area contributed by atoms with Crippen LogP contribution in [-0.2, 0) is 0 Å². The lowest BCUT2D eigenvalue weighted by atomic mass is 10.0. The lowest BCUT2D eigenvalue weighted by molar-refractivity contribution is 0.444. The molecule has 2 aliphatic rings. The molecule has 0 amide bonds. The Balaban J connectivity index is 1.72. The van der Waals surface area contributed by atoms with E-state index in [1.807, 2.05) is 0 Å². The minimum atomic E-state index is 0.651. The molecule has 1 aromatic rings. The van der Waals surface area contributed by atoms with Crippen LogP contribution >= 0.6 is 0 Å². The van der Waals surface area contributed by atoms with Crippen LogP contribution in [0.15, 0.2) is 12.4 Å². The summed E-state index contributed by atoms with van der Waals surface area (Å²) in [7, 11) is 0. The Morgan fingerprint density at radius 1 is 1.29 bits per heavy atom. The third-order valence-electron chi connectivity index (χ3n) is 3.56. The fourth-order valence-electron chi connectivity index (χ4n) is 2.43. The molecule has 2 heterocycles. The predicted molar refractivity (Wildman–Crippen MR) is 69.3 cm³/mol. The highest BCUT2D eigenvalue weighted by atomic mass is 15.2. The zero-order chi connectivity index (χ0) is 11.7. The summed E-state index contributed by atoms with van der Waals surface area (Å²) in [6, 6.07) is 2.74. The predicted octanol–water partition coefficient (Wildman–Crippen LogP) is 2.29. The molecule has 0 radical (unpaired) electrons. The summed E-state index contributed by atoms with van der Waals surface area (Å²) in [5.74, 6) is 2.84. The molecule has 4 heteroatoms. The van der Waals surface area contributed by atoms with E-state index in [0.29, 0.717) is 6.04 Å². The Morgan fingerprint density at radius 2 is 2.18 bits per heavy atom. The molecule has 1 unspecified atom stereocenters. The van der Waals surface area contributed by atoms with Crippen molar-refractivity contribution < 1.29 is 0 Å². The van der Waals surface area contributed by atoms with E-state index in [0.717, 1.165) is 30.6 Å². The van der Waals surface area contributed by atoms with Crippen LogP contribution in [0.25, 0.3) is 0 Å². The van der Waals surface area contributed by atoms with Gasteiger partial charge in [0.1, 0.15) is 18.0 Å². The number of anilines is 2. The van der Waals surface area contributed by atoms with Gasteiger partial charge < -0.3 is 10.2 Å². The van der Waals surface area contributed by atoms with Crippen LogP contribution in [-0.4, -0.2) is 29.1 Å². The molecule has 92 valence electrons. The lowest BCUT2D eigenvalue weighted by Crippen LogP contribution is -2.34. The first kappa shape index (κ1) is 10.8. The van der Waals surface area contributed by atoms with Crippen molar-refractivity contribution in [3.63, 3.8) is 0 Å². The number of hydrogen-bond acceptors (Lipinski definition) is 4. The summed E-state index contributed by atoms with van der Waals surface area (Å²) in [6.45, 7) is 4.57. The standard InChI is InChI=1S/C13H20N4/c1-10-3-2-6-17(8-10)13-7-12(14-9-15-13)16-11-4-5-11/h7,9-11H,2-6,8H2,1H3,(H,14,15,16). The van der Waals surface area contributed by atoms with Gasteiger partial charge in [-0.05, 0) is 31.6 Å². The van der Waals surface area contributed by atoms with E-state index in [4.69, 9.17) is 0 Å². The molecule has 1 saturated heterocycles. The van der Waals surface area contributed by atoms with Crippen molar-refractivity contribution in [3.8, 4) is 0 Å². The number of hydrogen-bond donors (Lipinski definition) is 1. The van der Waals surface area contributed by atoms with Gasteiger partial charge in [0.05, 0.1) is 0 Å².